The van der Waals surface area contributed by atoms with Gasteiger partial charge in [-0.25, -0.2) is 0 Å². The second-order valence-corrected chi connectivity index (χ2v) is 3.93. The molecule has 0 saturated heterocycles. The Bertz CT molecular complexity index is 396. The van der Waals surface area contributed by atoms with Crippen molar-refractivity contribution >= 4 is 0 Å². The zero-order chi connectivity index (χ0) is 11.2. The Morgan fingerprint density at radius 2 is 1.88 bits per heavy atom. The minimum atomic E-state index is 0.399. The molecule has 1 aromatic heterocycles. The maximum Gasteiger partial charge on any atom is 0.119 e. The minimum Gasteiger partial charge on any atom is -0.319 e. The van der Waals surface area contributed by atoms with Crippen molar-refractivity contribution < 1.29 is 0 Å². The average molecular weight is 216 g/mol. The highest BCUT2D eigenvalue weighted by Gasteiger charge is 2.02. The molecule has 4 nitrogen and oxygen atoms in total. The summed E-state index contributed by atoms with van der Waals surface area (Å²) in [4.78, 5) is 0. The first-order valence-electron chi connectivity index (χ1n) is 5.44. The number of rotatable bonds is 5. The van der Waals surface area contributed by atoms with Crippen LogP contribution in [0.1, 0.15) is 12.5 Å². The van der Waals surface area contributed by atoms with Gasteiger partial charge >= 0.3 is 0 Å². The monoisotopic (exact) mass is 216 g/mol. The highest BCUT2D eigenvalue weighted by atomic mass is 15.2. The van der Waals surface area contributed by atoms with Gasteiger partial charge in [0.15, 0.2) is 0 Å². The number of hydrogen-bond acceptors (Lipinski definition) is 3. The summed E-state index contributed by atoms with van der Waals surface area (Å²) < 4.78 is 1.97. The van der Waals surface area contributed by atoms with Crippen molar-refractivity contribution in [3.8, 4) is 0 Å². The summed E-state index contributed by atoms with van der Waals surface area (Å²) in [6, 6.07) is 10.8. The Kier molecular flexibility index (Phi) is 3.66. The molecule has 1 aromatic carbocycles. The third kappa shape index (κ3) is 3.17. The Morgan fingerprint density at radius 1 is 1.19 bits per heavy atom. The van der Waals surface area contributed by atoms with Gasteiger partial charge < -0.3 is 9.88 Å². The van der Waals surface area contributed by atoms with Crippen LogP contribution in [0.3, 0.4) is 0 Å². The molecule has 0 aliphatic rings. The van der Waals surface area contributed by atoms with E-state index in [0.29, 0.717) is 6.04 Å². The van der Waals surface area contributed by atoms with E-state index in [0.717, 1.165) is 13.1 Å². The fourth-order valence-corrected chi connectivity index (χ4v) is 1.59. The summed E-state index contributed by atoms with van der Waals surface area (Å²) in [6.45, 7) is 3.94. The van der Waals surface area contributed by atoms with E-state index in [-0.39, 0.29) is 0 Å². The Labute approximate surface area is 95.3 Å². The third-order valence-corrected chi connectivity index (χ3v) is 2.45. The van der Waals surface area contributed by atoms with Crippen molar-refractivity contribution in [2.75, 3.05) is 0 Å². The summed E-state index contributed by atoms with van der Waals surface area (Å²) in [7, 11) is 0. The van der Waals surface area contributed by atoms with Gasteiger partial charge in [-0.1, -0.05) is 30.3 Å². The number of benzene rings is 1. The van der Waals surface area contributed by atoms with Crippen molar-refractivity contribution in [1.82, 2.24) is 20.1 Å². The molecule has 0 saturated carbocycles. The molecule has 0 radical (unpaired) electrons. The molecular formula is C12H16N4. The number of hydrogen-bond donors (Lipinski definition) is 1. The van der Waals surface area contributed by atoms with Crippen molar-refractivity contribution in [3.63, 3.8) is 0 Å². The lowest BCUT2D eigenvalue weighted by atomic mass is 10.2. The smallest absolute Gasteiger partial charge is 0.119 e. The van der Waals surface area contributed by atoms with Gasteiger partial charge in [-0.15, -0.1) is 10.2 Å². The lowest BCUT2D eigenvalue weighted by Gasteiger charge is -2.13. The van der Waals surface area contributed by atoms with Crippen LogP contribution < -0.4 is 5.32 Å². The summed E-state index contributed by atoms with van der Waals surface area (Å²) in [5.41, 5.74) is 1.30. The normalized spacial score (nSPS) is 12.6. The Hall–Kier alpha value is -1.68. The predicted octanol–water partition coefficient (Wildman–Crippen LogP) is 1.46. The highest BCUT2D eigenvalue weighted by Crippen LogP contribution is 1.99. The van der Waals surface area contributed by atoms with Gasteiger partial charge in [0, 0.05) is 19.1 Å². The molecule has 16 heavy (non-hydrogen) atoms. The first-order chi connectivity index (χ1) is 7.84. The van der Waals surface area contributed by atoms with Crippen LogP contribution in [-0.4, -0.2) is 20.8 Å². The fourth-order valence-electron chi connectivity index (χ4n) is 1.59. The molecule has 1 unspecified atom stereocenters. The van der Waals surface area contributed by atoms with E-state index in [4.69, 9.17) is 0 Å². The van der Waals surface area contributed by atoms with Crippen molar-refractivity contribution in [3.05, 3.63) is 48.5 Å². The first kappa shape index (κ1) is 10.8. The molecular weight excluding hydrogens is 200 g/mol. The molecule has 0 amide bonds. The summed E-state index contributed by atoms with van der Waals surface area (Å²) in [5, 5.41) is 11.0. The van der Waals surface area contributed by atoms with Crippen LogP contribution >= 0.6 is 0 Å². The molecule has 1 heterocycles. The van der Waals surface area contributed by atoms with E-state index in [1.54, 1.807) is 12.7 Å². The lowest BCUT2D eigenvalue weighted by Crippen LogP contribution is -2.29. The molecule has 4 heteroatoms. The van der Waals surface area contributed by atoms with E-state index >= 15 is 0 Å². The molecule has 0 bridgehead atoms. The van der Waals surface area contributed by atoms with E-state index < -0.39 is 0 Å². The second kappa shape index (κ2) is 5.42. The Morgan fingerprint density at radius 3 is 2.56 bits per heavy atom. The fraction of sp³-hybridized carbons (Fsp3) is 0.333. The molecule has 0 spiro atoms. The first-order valence-corrected chi connectivity index (χ1v) is 5.44. The molecule has 0 fully saturated rings. The SMILES string of the molecule is CC(Cn1cnnc1)NCc1ccccc1. The van der Waals surface area contributed by atoms with Crippen LogP contribution in [0.4, 0.5) is 0 Å². The Balaban J connectivity index is 1.78. The van der Waals surface area contributed by atoms with Crippen LogP contribution in [0.15, 0.2) is 43.0 Å². The molecule has 0 aliphatic heterocycles. The zero-order valence-electron chi connectivity index (χ0n) is 9.37. The maximum atomic E-state index is 3.78. The lowest BCUT2D eigenvalue weighted by molar-refractivity contribution is 0.475. The van der Waals surface area contributed by atoms with Crippen molar-refractivity contribution in [2.45, 2.75) is 26.1 Å². The van der Waals surface area contributed by atoms with Gasteiger partial charge in [-0.3, -0.25) is 0 Å². The van der Waals surface area contributed by atoms with Crippen LogP contribution in [0.2, 0.25) is 0 Å². The largest absolute Gasteiger partial charge is 0.319 e. The van der Waals surface area contributed by atoms with Gasteiger partial charge in [0.05, 0.1) is 0 Å². The summed E-state index contributed by atoms with van der Waals surface area (Å²) in [6.07, 6.45) is 3.47. The van der Waals surface area contributed by atoms with E-state index in [1.807, 2.05) is 10.6 Å². The number of nitrogens with one attached hydrogen (secondary N) is 1. The highest BCUT2D eigenvalue weighted by molar-refractivity contribution is 5.14. The summed E-state index contributed by atoms with van der Waals surface area (Å²) in [5.74, 6) is 0. The molecule has 2 rings (SSSR count). The predicted molar refractivity (Wildman–Crippen MR) is 62.8 cm³/mol. The molecule has 0 aliphatic carbocycles. The van der Waals surface area contributed by atoms with Gasteiger partial charge in [0.1, 0.15) is 12.7 Å². The molecule has 1 atom stereocenters. The number of nitrogens with zero attached hydrogens (tertiary/aromatic N) is 3. The van der Waals surface area contributed by atoms with Gasteiger partial charge in [0.2, 0.25) is 0 Å². The third-order valence-electron chi connectivity index (χ3n) is 2.45. The van der Waals surface area contributed by atoms with E-state index in [9.17, 15) is 0 Å². The zero-order valence-corrected chi connectivity index (χ0v) is 9.37. The number of aromatic nitrogens is 3. The minimum absolute atomic E-state index is 0.399. The molecule has 84 valence electrons. The topological polar surface area (TPSA) is 42.7 Å². The van der Waals surface area contributed by atoms with E-state index in [1.165, 1.54) is 5.56 Å². The second-order valence-electron chi connectivity index (χ2n) is 3.93. The van der Waals surface area contributed by atoms with Crippen LogP contribution in [0, 0.1) is 0 Å². The van der Waals surface area contributed by atoms with Crippen LogP contribution in [0.25, 0.3) is 0 Å². The van der Waals surface area contributed by atoms with E-state index in [2.05, 4.69) is 46.7 Å². The van der Waals surface area contributed by atoms with Crippen molar-refractivity contribution in [1.29, 1.82) is 0 Å². The molecule has 1 N–H and O–H groups in total. The van der Waals surface area contributed by atoms with Crippen LogP contribution in [0.5, 0.6) is 0 Å². The standard InChI is InChI=1S/C12H16N4/c1-11(8-16-9-14-15-10-16)13-7-12-5-3-2-4-6-12/h2-6,9-11,13H,7-8H2,1H3. The van der Waals surface area contributed by atoms with Gasteiger partial charge in [0.25, 0.3) is 0 Å². The van der Waals surface area contributed by atoms with Gasteiger partial charge in [-0.2, -0.15) is 0 Å². The molecule has 2 aromatic rings. The van der Waals surface area contributed by atoms with Crippen molar-refractivity contribution in [2.24, 2.45) is 0 Å². The van der Waals surface area contributed by atoms with Crippen LogP contribution in [-0.2, 0) is 13.1 Å². The average Bonchev–Trinajstić information content (AvgIpc) is 2.81. The van der Waals surface area contributed by atoms with Gasteiger partial charge in [-0.05, 0) is 12.5 Å². The quantitative estimate of drug-likeness (QED) is 0.822. The maximum absolute atomic E-state index is 3.78. The summed E-state index contributed by atoms with van der Waals surface area (Å²) >= 11 is 0.